The maximum atomic E-state index is 11.0. The van der Waals surface area contributed by atoms with Gasteiger partial charge in [0.25, 0.3) is 0 Å². The van der Waals surface area contributed by atoms with Crippen molar-refractivity contribution in [3.05, 3.63) is 53.6 Å². The second-order valence-electron chi connectivity index (χ2n) is 4.52. The Morgan fingerprint density at radius 1 is 1.25 bits per heavy atom. The number of fused-ring (bicyclic) bond motifs is 1. The van der Waals surface area contributed by atoms with Crippen molar-refractivity contribution >= 4 is 17.1 Å². The number of oxazole rings is 1. The van der Waals surface area contributed by atoms with Crippen LogP contribution in [0.1, 0.15) is 22.8 Å². The third-order valence-corrected chi connectivity index (χ3v) is 3.26. The second kappa shape index (κ2) is 4.81. The summed E-state index contributed by atoms with van der Waals surface area (Å²) in [6, 6.07) is 12.6. The van der Waals surface area contributed by atoms with Gasteiger partial charge in [-0.15, -0.1) is 0 Å². The highest BCUT2D eigenvalue weighted by molar-refractivity contribution is 5.92. The van der Waals surface area contributed by atoms with E-state index >= 15 is 0 Å². The summed E-state index contributed by atoms with van der Waals surface area (Å²) in [7, 11) is 0. The number of aromatic carboxylic acids is 1. The van der Waals surface area contributed by atoms with E-state index in [4.69, 9.17) is 9.52 Å². The topological polar surface area (TPSA) is 63.3 Å². The van der Waals surface area contributed by atoms with Crippen LogP contribution in [-0.2, 0) is 6.42 Å². The van der Waals surface area contributed by atoms with Crippen LogP contribution in [0.25, 0.3) is 22.6 Å². The lowest BCUT2D eigenvalue weighted by atomic mass is 10.1. The Kier molecular flexibility index (Phi) is 2.99. The first-order valence-electron chi connectivity index (χ1n) is 6.41. The van der Waals surface area contributed by atoms with Gasteiger partial charge in [0.2, 0.25) is 5.89 Å². The fraction of sp³-hybridized carbons (Fsp3) is 0.125. The summed E-state index contributed by atoms with van der Waals surface area (Å²) in [6.07, 6.45) is 0.884. The second-order valence-corrected chi connectivity index (χ2v) is 4.52. The molecule has 0 bridgehead atoms. The quantitative estimate of drug-likeness (QED) is 0.784. The normalized spacial score (nSPS) is 10.8. The summed E-state index contributed by atoms with van der Waals surface area (Å²) in [5.41, 5.74) is 3.45. The molecule has 0 spiro atoms. The van der Waals surface area contributed by atoms with Crippen LogP contribution in [0.5, 0.6) is 0 Å². The molecule has 0 aliphatic carbocycles. The van der Waals surface area contributed by atoms with Crippen LogP contribution in [0.3, 0.4) is 0 Å². The number of benzene rings is 2. The first kappa shape index (κ1) is 12.4. The average Bonchev–Trinajstić information content (AvgIpc) is 2.89. The van der Waals surface area contributed by atoms with Crippen molar-refractivity contribution in [1.29, 1.82) is 0 Å². The molecular weight excluding hydrogens is 254 g/mol. The summed E-state index contributed by atoms with van der Waals surface area (Å²) >= 11 is 0. The molecule has 20 heavy (non-hydrogen) atoms. The van der Waals surface area contributed by atoms with Crippen molar-refractivity contribution in [2.45, 2.75) is 13.3 Å². The van der Waals surface area contributed by atoms with E-state index in [1.165, 1.54) is 12.1 Å². The van der Waals surface area contributed by atoms with Crippen molar-refractivity contribution in [3.8, 4) is 11.5 Å². The van der Waals surface area contributed by atoms with E-state index in [2.05, 4.69) is 11.9 Å². The highest BCUT2D eigenvalue weighted by atomic mass is 16.4. The molecule has 0 radical (unpaired) electrons. The number of nitrogens with zero attached hydrogens (tertiary/aromatic N) is 1. The fourth-order valence-electron chi connectivity index (χ4n) is 2.21. The molecule has 2 aromatic carbocycles. The molecule has 1 aromatic heterocycles. The molecule has 0 saturated heterocycles. The summed E-state index contributed by atoms with van der Waals surface area (Å²) in [4.78, 5) is 15.4. The predicted octanol–water partition coefficient (Wildman–Crippen LogP) is 3.76. The molecule has 3 aromatic rings. The lowest BCUT2D eigenvalue weighted by molar-refractivity contribution is 0.0697. The number of carboxylic acids is 1. The van der Waals surface area contributed by atoms with Crippen molar-refractivity contribution in [1.82, 2.24) is 4.98 Å². The Morgan fingerprint density at radius 3 is 2.80 bits per heavy atom. The SMILES string of the molecule is CCc1ccccc1-c1nc2ccc(C(=O)O)cc2o1. The van der Waals surface area contributed by atoms with Gasteiger partial charge in [0.1, 0.15) is 5.52 Å². The largest absolute Gasteiger partial charge is 0.478 e. The molecule has 1 N–H and O–H groups in total. The van der Waals surface area contributed by atoms with E-state index in [-0.39, 0.29) is 5.56 Å². The van der Waals surface area contributed by atoms with Crippen LogP contribution in [0.2, 0.25) is 0 Å². The van der Waals surface area contributed by atoms with Crippen molar-refractivity contribution < 1.29 is 14.3 Å². The number of aromatic nitrogens is 1. The molecule has 3 rings (SSSR count). The van der Waals surface area contributed by atoms with Gasteiger partial charge in [-0.25, -0.2) is 9.78 Å². The first-order chi connectivity index (χ1) is 9.69. The summed E-state index contributed by atoms with van der Waals surface area (Å²) < 4.78 is 5.71. The molecule has 1 heterocycles. The summed E-state index contributed by atoms with van der Waals surface area (Å²) in [6.45, 7) is 2.07. The summed E-state index contributed by atoms with van der Waals surface area (Å²) in [5.74, 6) is -0.446. The Labute approximate surface area is 115 Å². The van der Waals surface area contributed by atoms with E-state index in [9.17, 15) is 4.79 Å². The average molecular weight is 267 g/mol. The maximum Gasteiger partial charge on any atom is 0.335 e. The van der Waals surface area contributed by atoms with Crippen LogP contribution in [0.4, 0.5) is 0 Å². The van der Waals surface area contributed by atoms with E-state index in [1.807, 2.05) is 24.3 Å². The molecule has 0 fully saturated rings. The first-order valence-corrected chi connectivity index (χ1v) is 6.41. The van der Waals surface area contributed by atoms with E-state index in [1.54, 1.807) is 6.07 Å². The van der Waals surface area contributed by atoms with Crippen molar-refractivity contribution in [3.63, 3.8) is 0 Å². The molecule has 0 aliphatic heterocycles. The smallest absolute Gasteiger partial charge is 0.335 e. The molecular formula is C16H13NO3. The molecule has 0 unspecified atom stereocenters. The molecule has 0 atom stereocenters. The molecule has 100 valence electrons. The number of rotatable bonds is 3. The third-order valence-electron chi connectivity index (χ3n) is 3.26. The Hall–Kier alpha value is -2.62. The number of hydrogen-bond acceptors (Lipinski definition) is 3. The zero-order valence-corrected chi connectivity index (χ0v) is 11.0. The van der Waals surface area contributed by atoms with Gasteiger partial charge in [-0.3, -0.25) is 0 Å². The van der Waals surface area contributed by atoms with Crippen LogP contribution >= 0.6 is 0 Å². The van der Waals surface area contributed by atoms with E-state index in [0.29, 0.717) is 17.0 Å². The molecule has 0 saturated carbocycles. The molecule has 0 aliphatic rings. The van der Waals surface area contributed by atoms with Gasteiger partial charge in [0.15, 0.2) is 5.58 Å². The lowest BCUT2D eigenvalue weighted by Gasteiger charge is -2.02. The predicted molar refractivity (Wildman–Crippen MR) is 75.8 cm³/mol. The maximum absolute atomic E-state index is 11.0. The van der Waals surface area contributed by atoms with Crippen LogP contribution in [0, 0.1) is 0 Å². The van der Waals surface area contributed by atoms with Crippen LogP contribution < -0.4 is 0 Å². The van der Waals surface area contributed by atoms with Crippen molar-refractivity contribution in [2.75, 3.05) is 0 Å². The molecule has 4 nitrogen and oxygen atoms in total. The summed E-state index contributed by atoms with van der Waals surface area (Å²) in [5, 5.41) is 8.99. The Morgan fingerprint density at radius 2 is 2.05 bits per heavy atom. The Balaban J connectivity index is 2.15. The lowest BCUT2D eigenvalue weighted by Crippen LogP contribution is -1.94. The van der Waals surface area contributed by atoms with Gasteiger partial charge in [-0.05, 0) is 36.2 Å². The fourth-order valence-corrected chi connectivity index (χ4v) is 2.21. The standard InChI is InChI=1S/C16H13NO3/c1-2-10-5-3-4-6-12(10)15-17-13-8-7-11(16(18)19)9-14(13)20-15/h3-9H,2H2,1H3,(H,18,19). The number of hydrogen-bond donors (Lipinski definition) is 1. The monoisotopic (exact) mass is 267 g/mol. The van der Waals surface area contributed by atoms with Gasteiger partial charge in [0, 0.05) is 5.56 Å². The van der Waals surface area contributed by atoms with Gasteiger partial charge >= 0.3 is 5.97 Å². The molecule has 0 amide bonds. The zero-order chi connectivity index (χ0) is 14.1. The number of carbonyl (C=O) groups is 1. The highest BCUT2D eigenvalue weighted by Gasteiger charge is 2.13. The number of aryl methyl sites for hydroxylation is 1. The highest BCUT2D eigenvalue weighted by Crippen LogP contribution is 2.27. The van der Waals surface area contributed by atoms with E-state index in [0.717, 1.165) is 17.5 Å². The zero-order valence-electron chi connectivity index (χ0n) is 11.0. The van der Waals surface area contributed by atoms with Crippen LogP contribution in [-0.4, -0.2) is 16.1 Å². The van der Waals surface area contributed by atoms with E-state index < -0.39 is 5.97 Å². The van der Waals surface area contributed by atoms with Crippen molar-refractivity contribution in [2.24, 2.45) is 0 Å². The van der Waals surface area contributed by atoms with Gasteiger partial charge < -0.3 is 9.52 Å². The van der Waals surface area contributed by atoms with Crippen LogP contribution in [0.15, 0.2) is 46.9 Å². The third kappa shape index (κ3) is 2.05. The Bertz CT molecular complexity index is 789. The minimum absolute atomic E-state index is 0.198. The van der Waals surface area contributed by atoms with Gasteiger partial charge in [-0.2, -0.15) is 0 Å². The minimum Gasteiger partial charge on any atom is -0.478 e. The number of carboxylic acid groups (broad SMARTS) is 1. The van der Waals surface area contributed by atoms with Gasteiger partial charge in [0.05, 0.1) is 5.56 Å². The minimum atomic E-state index is -0.973. The molecule has 4 heteroatoms. The van der Waals surface area contributed by atoms with Gasteiger partial charge in [-0.1, -0.05) is 25.1 Å².